The third-order valence-electron chi connectivity index (χ3n) is 6.37. The van der Waals surface area contributed by atoms with Gasteiger partial charge in [0.25, 0.3) is 46.4 Å². The summed E-state index contributed by atoms with van der Waals surface area (Å²) < 4.78 is 149. The molecule has 0 spiro atoms. The zero-order valence-corrected chi connectivity index (χ0v) is 29.5. The average Bonchev–Trinajstić information content (AvgIpc) is 2.95. The molecule has 0 atom stereocenters. The maximum absolute atomic E-state index is 12.8. The molecular formula is C26H25ClN2O16S5. The second-order valence-corrected chi connectivity index (χ2v) is 18.3. The lowest BCUT2D eigenvalue weighted by Crippen LogP contribution is -2.14. The summed E-state index contributed by atoms with van der Waals surface area (Å²) in [6.45, 7) is 0. The quantitative estimate of drug-likeness (QED) is 0.0685. The van der Waals surface area contributed by atoms with Crippen LogP contribution in [0.3, 0.4) is 0 Å². The molecule has 4 aromatic carbocycles. The number of halogens is 1. The number of alkyl halides is 1. The molecule has 0 heterocycles. The molecule has 0 fully saturated rings. The van der Waals surface area contributed by atoms with E-state index in [-0.39, 0.29) is 39.4 Å². The van der Waals surface area contributed by atoms with E-state index in [1.807, 2.05) is 0 Å². The maximum Gasteiger partial charge on any atom is 0.296 e. The summed E-state index contributed by atoms with van der Waals surface area (Å²) in [7, 11) is -22.0. The molecule has 8 N–H and O–H groups in total. The number of rotatable bonds is 10. The molecule has 0 unspecified atom stereocenters. The predicted molar refractivity (Wildman–Crippen MR) is 178 cm³/mol. The number of phenols is 1. The number of sulfone groups is 1. The van der Waals surface area contributed by atoms with Crippen LogP contribution in [0.25, 0.3) is 10.8 Å². The van der Waals surface area contributed by atoms with Crippen molar-refractivity contribution in [2.75, 3.05) is 22.7 Å². The van der Waals surface area contributed by atoms with E-state index in [0.29, 0.717) is 11.6 Å². The summed E-state index contributed by atoms with van der Waals surface area (Å²) in [6, 6.07) is 11.1. The van der Waals surface area contributed by atoms with Gasteiger partial charge in [0.2, 0.25) is 0 Å². The number of aromatic hydroxyl groups is 1. The number of fused-ring (bicyclic) bond motifs is 1. The third kappa shape index (κ3) is 10.5. The third-order valence-corrected chi connectivity index (χ3v) is 11.8. The Labute approximate surface area is 290 Å². The summed E-state index contributed by atoms with van der Waals surface area (Å²) in [5.41, 5.74) is 4.89. The molecule has 50 heavy (non-hydrogen) atoms. The van der Waals surface area contributed by atoms with Crippen LogP contribution in [0.1, 0.15) is 15.9 Å². The molecule has 1 amide bonds. The van der Waals surface area contributed by atoms with Crippen molar-refractivity contribution < 1.29 is 70.2 Å². The highest BCUT2D eigenvalue weighted by molar-refractivity contribution is 7.90. The number of anilines is 2. The second-order valence-electron chi connectivity index (χ2n) is 10.0. The molecule has 0 aliphatic carbocycles. The molecule has 0 bridgehead atoms. The molecule has 272 valence electrons. The minimum atomic E-state index is -4.82. The number of nitrogens with two attached hydrogens (primary N) is 1. The first-order valence-electron chi connectivity index (χ1n) is 13.0. The Morgan fingerprint density at radius 3 is 1.66 bits per heavy atom. The number of nitrogen functional groups attached to an aromatic ring is 1. The number of nitrogens with one attached hydrogen (secondary N) is 1. The van der Waals surface area contributed by atoms with Crippen LogP contribution in [-0.4, -0.2) is 82.9 Å². The summed E-state index contributed by atoms with van der Waals surface area (Å²) in [5.74, 6) is -2.04. The number of hydrogen-bond donors (Lipinski definition) is 7. The maximum atomic E-state index is 12.8. The average molecular weight is 817 g/mol. The Morgan fingerprint density at radius 1 is 0.680 bits per heavy atom. The number of benzene rings is 4. The van der Waals surface area contributed by atoms with Gasteiger partial charge >= 0.3 is 0 Å². The summed E-state index contributed by atoms with van der Waals surface area (Å²) in [6.07, 6.45) is 0. The lowest BCUT2D eigenvalue weighted by Gasteiger charge is -2.13. The number of amides is 1. The van der Waals surface area contributed by atoms with Crippen LogP contribution in [0.2, 0.25) is 0 Å². The zero-order chi connectivity index (χ0) is 38.0. The van der Waals surface area contributed by atoms with Gasteiger partial charge in [-0.1, -0.05) is 12.1 Å². The summed E-state index contributed by atoms with van der Waals surface area (Å²) >= 11 is 5.47. The van der Waals surface area contributed by atoms with Crippen molar-refractivity contribution in [1.82, 2.24) is 0 Å². The smallest absolute Gasteiger partial charge is 0.296 e. The standard InChI is InChI=1S/C20H18ClNO10S3.C6H7NO6S2/c21-5-6-33(25,26)11-12-1-3-13(4-2-12)20(24)22-17-9-15(34(27,28)29)7-14-8-16(35(30,31)32)10-18(23)19(14)17;7-5-3-4(14(8,9)10)1-2-6(5)15(11,12)13/h1-4,7-10,23H,5-6,11H2,(H,22,24)(H,27,28,29)(H,30,31,32);1-3H,7H2,(H,8,9,10)(H,11,12,13). The summed E-state index contributed by atoms with van der Waals surface area (Å²) in [5, 5.41) is 12.4. The molecule has 24 heteroatoms. The van der Waals surface area contributed by atoms with Gasteiger partial charge in [0.1, 0.15) is 10.6 Å². The van der Waals surface area contributed by atoms with Crippen molar-refractivity contribution in [3.05, 3.63) is 77.9 Å². The van der Waals surface area contributed by atoms with Gasteiger partial charge in [-0.25, -0.2) is 8.42 Å². The molecular weight excluding hydrogens is 792 g/mol. The Kier molecular flexibility index (Phi) is 12.0. The van der Waals surface area contributed by atoms with E-state index in [1.165, 1.54) is 24.3 Å². The predicted octanol–water partition coefficient (Wildman–Crippen LogP) is 2.21. The van der Waals surface area contributed by atoms with Crippen LogP contribution >= 0.6 is 11.6 Å². The highest BCUT2D eigenvalue weighted by Gasteiger charge is 2.22. The molecule has 0 radical (unpaired) electrons. The van der Waals surface area contributed by atoms with Gasteiger partial charge in [-0.2, -0.15) is 33.7 Å². The molecule has 4 aromatic rings. The van der Waals surface area contributed by atoms with E-state index in [0.717, 1.165) is 36.4 Å². The molecule has 18 nitrogen and oxygen atoms in total. The van der Waals surface area contributed by atoms with Crippen LogP contribution in [0, 0.1) is 0 Å². The van der Waals surface area contributed by atoms with Gasteiger partial charge in [0, 0.05) is 22.9 Å². The van der Waals surface area contributed by atoms with Gasteiger partial charge in [-0.05, 0) is 59.5 Å². The largest absolute Gasteiger partial charge is 0.507 e. The number of carbonyl (C=O) groups is 1. The first kappa shape index (κ1) is 40.5. The fourth-order valence-electron chi connectivity index (χ4n) is 4.15. The van der Waals surface area contributed by atoms with E-state index in [1.54, 1.807) is 0 Å². The Morgan fingerprint density at radius 2 is 1.20 bits per heavy atom. The van der Waals surface area contributed by atoms with Crippen molar-refractivity contribution in [2.24, 2.45) is 0 Å². The van der Waals surface area contributed by atoms with E-state index in [2.05, 4.69) is 5.32 Å². The van der Waals surface area contributed by atoms with E-state index in [9.17, 15) is 61.1 Å². The molecule has 0 aliphatic rings. The monoisotopic (exact) mass is 816 g/mol. The van der Waals surface area contributed by atoms with Gasteiger partial charge in [-0.3, -0.25) is 23.0 Å². The van der Waals surface area contributed by atoms with Crippen LogP contribution < -0.4 is 11.1 Å². The SMILES string of the molecule is Nc1cc(S(=O)(=O)O)ccc1S(=O)(=O)O.O=C(Nc1cc(S(=O)(=O)O)cc2cc(S(=O)(=O)O)cc(O)c12)c1ccc(CS(=O)(=O)CCCl)cc1. The van der Waals surface area contributed by atoms with Gasteiger partial charge in [0.05, 0.1) is 37.6 Å². The summed E-state index contributed by atoms with van der Waals surface area (Å²) in [4.78, 5) is 10.2. The highest BCUT2D eigenvalue weighted by atomic mass is 35.5. The van der Waals surface area contributed by atoms with E-state index >= 15 is 0 Å². The lowest BCUT2D eigenvalue weighted by molar-refractivity contribution is 0.102. The zero-order valence-electron chi connectivity index (χ0n) is 24.7. The number of phenolic OH excluding ortho intramolecular Hbond substituents is 1. The first-order chi connectivity index (χ1) is 22.7. The highest BCUT2D eigenvalue weighted by Crippen LogP contribution is 2.37. The molecule has 0 saturated carbocycles. The van der Waals surface area contributed by atoms with Crippen LogP contribution in [0.5, 0.6) is 5.75 Å². The van der Waals surface area contributed by atoms with Crippen molar-refractivity contribution in [2.45, 2.75) is 25.3 Å². The first-order valence-corrected chi connectivity index (χ1v) is 21.1. The van der Waals surface area contributed by atoms with Crippen molar-refractivity contribution in [1.29, 1.82) is 0 Å². The van der Waals surface area contributed by atoms with Gasteiger partial charge in [0.15, 0.2) is 9.84 Å². The Bertz CT molecular complexity index is 2540. The van der Waals surface area contributed by atoms with Crippen molar-refractivity contribution in [3.8, 4) is 5.75 Å². The molecule has 0 aliphatic heterocycles. The van der Waals surface area contributed by atoms with Crippen molar-refractivity contribution in [3.63, 3.8) is 0 Å². The molecule has 0 aromatic heterocycles. The van der Waals surface area contributed by atoms with Crippen molar-refractivity contribution >= 4 is 90.0 Å². The topological polar surface area (TPSA) is 327 Å². The minimum absolute atomic E-state index is 0.0444. The second kappa shape index (κ2) is 14.7. The number of carbonyl (C=O) groups excluding carboxylic acids is 1. The minimum Gasteiger partial charge on any atom is -0.507 e. The normalized spacial score (nSPS) is 12.6. The fourth-order valence-corrected chi connectivity index (χ4v) is 8.12. The lowest BCUT2D eigenvalue weighted by atomic mass is 10.1. The van der Waals surface area contributed by atoms with E-state index < -0.39 is 87.2 Å². The van der Waals surface area contributed by atoms with E-state index in [4.69, 9.17) is 26.4 Å². The van der Waals surface area contributed by atoms with Crippen LogP contribution in [-0.2, 0) is 56.1 Å². The Balaban J connectivity index is 0.000000376. The van der Waals surface area contributed by atoms with Gasteiger partial charge < -0.3 is 16.2 Å². The number of hydrogen-bond acceptors (Lipinski definition) is 13. The van der Waals surface area contributed by atoms with Gasteiger partial charge in [-0.15, -0.1) is 11.6 Å². The molecule has 4 rings (SSSR count). The molecule has 0 saturated heterocycles. The van der Waals surface area contributed by atoms with Crippen LogP contribution in [0.4, 0.5) is 11.4 Å². The fraction of sp³-hybridized carbons (Fsp3) is 0.115. The van der Waals surface area contributed by atoms with Crippen LogP contribution in [0.15, 0.2) is 86.3 Å². The Hall–Kier alpha value is -3.91.